The second-order valence-corrected chi connectivity index (χ2v) is 5.49. The summed E-state index contributed by atoms with van der Waals surface area (Å²) in [6, 6.07) is 19.4. The van der Waals surface area contributed by atoms with Gasteiger partial charge in [0.05, 0.1) is 0 Å². The van der Waals surface area contributed by atoms with Crippen LogP contribution in [0, 0.1) is 0 Å². The van der Waals surface area contributed by atoms with E-state index in [9.17, 15) is 4.79 Å². The van der Waals surface area contributed by atoms with Gasteiger partial charge in [-0.3, -0.25) is 10.1 Å². The van der Waals surface area contributed by atoms with E-state index in [0.29, 0.717) is 5.13 Å². The normalized spacial score (nSPS) is 10.7. The summed E-state index contributed by atoms with van der Waals surface area (Å²) in [6.07, 6.45) is 3.24. The third kappa shape index (κ3) is 3.65. The summed E-state index contributed by atoms with van der Waals surface area (Å²) < 4.78 is 0. The molecule has 0 fully saturated rings. The van der Waals surface area contributed by atoms with E-state index in [4.69, 9.17) is 0 Å². The van der Waals surface area contributed by atoms with Gasteiger partial charge in [0.1, 0.15) is 5.01 Å². The molecule has 3 aromatic rings. The van der Waals surface area contributed by atoms with Gasteiger partial charge in [0.25, 0.3) is 0 Å². The Morgan fingerprint density at radius 2 is 1.64 bits per heavy atom. The smallest absolute Gasteiger partial charge is 0.250 e. The number of nitrogens with zero attached hydrogens (tertiary/aromatic N) is 2. The average molecular weight is 307 g/mol. The van der Waals surface area contributed by atoms with Crippen molar-refractivity contribution in [1.82, 2.24) is 10.2 Å². The number of carbonyl (C=O) groups is 1. The van der Waals surface area contributed by atoms with Crippen LogP contribution in [0.25, 0.3) is 16.6 Å². The number of hydrogen-bond donors (Lipinski definition) is 1. The lowest BCUT2D eigenvalue weighted by Crippen LogP contribution is -2.07. The van der Waals surface area contributed by atoms with Gasteiger partial charge in [0.2, 0.25) is 11.0 Å². The molecule has 0 radical (unpaired) electrons. The van der Waals surface area contributed by atoms with Crippen molar-refractivity contribution in [3.8, 4) is 10.6 Å². The molecule has 0 aliphatic carbocycles. The van der Waals surface area contributed by atoms with Crippen molar-refractivity contribution in [1.29, 1.82) is 0 Å². The van der Waals surface area contributed by atoms with Crippen LogP contribution in [0.1, 0.15) is 5.56 Å². The Labute approximate surface area is 132 Å². The molecule has 0 spiro atoms. The lowest BCUT2D eigenvalue weighted by atomic mass is 10.2. The molecular weight excluding hydrogens is 294 g/mol. The van der Waals surface area contributed by atoms with E-state index in [0.717, 1.165) is 16.1 Å². The van der Waals surface area contributed by atoms with Crippen LogP contribution in [0.4, 0.5) is 5.13 Å². The first-order chi connectivity index (χ1) is 10.8. The summed E-state index contributed by atoms with van der Waals surface area (Å²) >= 11 is 1.35. The monoisotopic (exact) mass is 307 g/mol. The molecule has 1 N–H and O–H groups in total. The molecule has 0 aliphatic rings. The first kappa shape index (κ1) is 14.2. The molecular formula is C17H13N3OS. The van der Waals surface area contributed by atoms with Crippen LogP contribution < -0.4 is 5.32 Å². The molecule has 1 aromatic heterocycles. The molecule has 1 heterocycles. The van der Waals surface area contributed by atoms with Gasteiger partial charge in [-0.05, 0) is 11.6 Å². The van der Waals surface area contributed by atoms with Crippen LogP contribution in [0.3, 0.4) is 0 Å². The maximum Gasteiger partial charge on any atom is 0.250 e. The predicted molar refractivity (Wildman–Crippen MR) is 89.5 cm³/mol. The molecule has 0 unspecified atom stereocenters. The number of hydrogen-bond acceptors (Lipinski definition) is 4. The lowest BCUT2D eigenvalue weighted by Gasteiger charge is -1.95. The summed E-state index contributed by atoms with van der Waals surface area (Å²) in [7, 11) is 0. The first-order valence-electron chi connectivity index (χ1n) is 6.74. The largest absolute Gasteiger partial charge is 0.297 e. The maximum absolute atomic E-state index is 11.9. The molecule has 1 amide bonds. The number of nitrogens with one attached hydrogen (secondary N) is 1. The minimum absolute atomic E-state index is 0.223. The Hall–Kier alpha value is -2.79. The van der Waals surface area contributed by atoms with Gasteiger partial charge in [0.15, 0.2) is 0 Å². The first-order valence-corrected chi connectivity index (χ1v) is 7.56. The van der Waals surface area contributed by atoms with E-state index in [1.165, 1.54) is 17.4 Å². The van der Waals surface area contributed by atoms with Gasteiger partial charge in [0, 0.05) is 11.6 Å². The number of amides is 1. The molecule has 5 heteroatoms. The second kappa shape index (κ2) is 6.78. The van der Waals surface area contributed by atoms with Gasteiger partial charge in [-0.1, -0.05) is 72.0 Å². The molecule has 4 nitrogen and oxygen atoms in total. The van der Waals surface area contributed by atoms with Gasteiger partial charge in [-0.25, -0.2) is 0 Å². The van der Waals surface area contributed by atoms with Crippen molar-refractivity contribution in [2.75, 3.05) is 5.32 Å². The molecule has 0 aliphatic heterocycles. The minimum atomic E-state index is -0.223. The van der Waals surface area contributed by atoms with E-state index >= 15 is 0 Å². The predicted octanol–water partition coefficient (Wildman–Crippen LogP) is 3.86. The van der Waals surface area contributed by atoms with Crippen molar-refractivity contribution in [3.63, 3.8) is 0 Å². The SMILES string of the molecule is O=C(C=Cc1ccccc1)Nc1nnc(-c2ccccc2)s1. The third-order valence-electron chi connectivity index (χ3n) is 2.90. The van der Waals surface area contributed by atoms with Crippen LogP contribution in [0.15, 0.2) is 66.7 Å². The summed E-state index contributed by atoms with van der Waals surface area (Å²) in [5.41, 5.74) is 1.96. The van der Waals surface area contributed by atoms with Crippen LogP contribution in [-0.2, 0) is 4.79 Å². The highest BCUT2D eigenvalue weighted by atomic mass is 32.1. The van der Waals surface area contributed by atoms with Gasteiger partial charge in [-0.2, -0.15) is 0 Å². The van der Waals surface area contributed by atoms with Crippen molar-refractivity contribution >= 4 is 28.5 Å². The van der Waals surface area contributed by atoms with Crippen LogP contribution >= 0.6 is 11.3 Å². The summed E-state index contributed by atoms with van der Waals surface area (Å²) in [5, 5.41) is 12.1. The minimum Gasteiger partial charge on any atom is -0.297 e. The fourth-order valence-corrected chi connectivity index (χ4v) is 2.61. The summed E-state index contributed by atoms with van der Waals surface area (Å²) in [5.74, 6) is -0.223. The van der Waals surface area contributed by atoms with Crippen LogP contribution in [0.2, 0.25) is 0 Å². The Morgan fingerprint density at radius 1 is 0.955 bits per heavy atom. The van der Waals surface area contributed by atoms with E-state index in [1.54, 1.807) is 6.08 Å². The van der Waals surface area contributed by atoms with E-state index in [1.807, 2.05) is 60.7 Å². The van der Waals surface area contributed by atoms with Crippen molar-refractivity contribution in [2.24, 2.45) is 0 Å². The second-order valence-electron chi connectivity index (χ2n) is 4.51. The van der Waals surface area contributed by atoms with Crippen molar-refractivity contribution in [3.05, 3.63) is 72.3 Å². The van der Waals surface area contributed by atoms with E-state index in [2.05, 4.69) is 15.5 Å². The molecule has 0 bridgehead atoms. The summed E-state index contributed by atoms with van der Waals surface area (Å²) in [4.78, 5) is 11.9. The Morgan fingerprint density at radius 3 is 2.36 bits per heavy atom. The fourth-order valence-electron chi connectivity index (χ4n) is 1.85. The molecule has 108 valence electrons. The Kier molecular flexibility index (Phi) is 4.36. The van der Waals surface area contributed by atoms with Crippen LogP contribution in [-0.4, -0.2) is 16.1 Å². The highest BCUT2D eigenvalue weighted by Crippen LogP contribution is 2.25. The van der Waals surface area contributed by atoms with Gasteiger partial charge in [-0.15, -0.1) is 10.2 Å². The molecule has 3 rings (SSSR count). The quantitative estimate of drug-likeness (QED) is 0.745. The standard InChI is InChI=1S/C17H13N3OS/c21-15(12-11-13-7-3-1-4-8-13)18-17-20-19-16(22-17)14-9-5-2-6-10-14/h1-12H,(H,18,20,21). The van der Waals surface area contributed by atoms with Crippen molar-refractivity contribution < 1.29 is 4.79 Å². The molecule has 0 saturated heterocycles. The summed E-state index contributed by atoms with van der Waals surface area (Å²) in [6.45, 7) is 0. The number of aromatic nitrogens is 2. The molecule has 0 atom stereocenters. The van der Waals surface area contributed by atoms with Crippen molar-refractivity contribution in [2.45, 2.75) is 0 Å². The van der Waals surface area contributed by atoms with E-state index in [-0.39, 0.29) is 5.91 Å². The molecule has 0 saturated carbocycles. The average Bonchev–Trinajstić information content (AvgIpc) is 3.03. The number of benzene rings is 2. The third-order valence-corrected chi connectivity index (χ3v) is 3.79. The zero-order valence-electron chi connectivity index (χ0n) is 11.6. The van der Waals surface area contributed by atoms with Gasteiger partial charge >= 0.3 is 0 Å². The maximum atomic E-state index is 11.9. The Bertz CT molecular complexity index is 782. The highest BCUT2D eigenvalue weighted by molar-refractivity contribution is 7.18. The molecule has 22 heavy (non-hydrogen) atoms. The zero-order chi connectivity index (χ0) is 15.2. The zero-order valence-corrected chi connectivity index (χ0v) is 12.5. The number of anilines is 1. The van der Waals surface area contributed by atoms with Crippen LogP contribution in [0.5, 0.6) is 0 Å². The molecule has 2 aromatic carbocycles. The highest BCUT2D eigenvalue weighted by Gasteiger charge is 2.07. The Balaban J connectivity index is 1.65. The van der Waals surface area contributed by atoms with Gasteiger partial charge < -0.3 is 0 Å². The fraction of sp³-hybridized carbons (Fsp3) is 0. The number of rotatable bonds is 4. The topological polar surface area (TPSA) is 54.9 Å². The van der Waals surface area contributed by atoms with E-state index < -0.39 is 0 Å². The lowest BCUT2D eigenvalue weighted by molar-refractivity contribution is -0.111. The number of carbonyl (C=O) groups excluding carboxylic acids is 1.